The van der Waals surface area contributed by atoms with E-state index in [-0.39, 0.29) is 35.3 Å². The molecule has 17 nitrogen and oxygen atoms in total. The Bertz CT molecular complexity index is 3310. The maximum absolute atomic E-state index is 16.0. The first-order valence-electron chi connectivity index (χ1n) is 33.3. The SMILES string of the molecule is CC(=O)OC1C(=O)C2(C)C(O)CC3OCC3(OC(C)=O)C2C(OC(=O)c2ccccc2)C2(O)CC(OC(=O)C(OC(=O)OC3CCC4C(=CCC5C4CCC4(C)C(C(C)CCCC(C)C)CCC54)C3)C(NC(=O)c3ccccc3)c3ccccc3)C(C)=C1C2(C)C. The summed E-state index contributed by atoms with van der Waals surface area (Å²) in [6.07, 6.45) is 1.55. The van der Waals surface area contributed by atoms with E-state index in [1.807, 2.05) is 0 Å². The molecule has 17 heteroatoms. The van der Waals surface area contributed by atoms with Crippen LogP contribution in [0.2, 0.25) is 0 Å². The average molecular weight is 1250 g/mol. The lowest BCUT2D eigenvalue weighted by atomic mass is 9.44. The minimum atomic E-state index is -2.48. The number of ether oxygens (including phenoxy) is 7. The molecule has 1 aliphatic heterocycles. The number of aliphatic hydroxyl groups excluding tert-OH is 1. The fourth-order valence-corrected chi connectivity index (χ4v) is 18.9. The van der Waals surface area contributed by atoms with Gasteiger partial charge < -0.3 is 48.7 Å². The zero-order valence-corrected chi connectivity index (χ0v) is 54.5. The second kappa shape index (κ2) is 25.7. The molecule has 490 valence electrons. The van der Waals surface area contributed by atoms with Crippen molar-refractivity contribution in [1.82, 2.24) is 5.32 Å². The molecule has 1 amide bonds. The summed E-state index contributed by atoms with van der Waals surface area (Å²) in [6, 6.07) is 23.3. The molecule has 6 fully saturated rings. The largest absolute Gasteiger partial charge is 0.509 e. The van der Waals surface area contributed by atoms with Crippen LogP contribution in [-0.2, 0) is 52.3 Å². The number of carbonyl (C=O) groups is 7. The molecule has 2 bridgehead atoms. The van der Waals surface area contributed by atoms with E-state index in [0.29, 0.717) is 53.4 Å². The Hall–Kier alpha value is -6.69. The number of fused-ring (bicyclic) bond motifs is 10. The molecule has 0 radical (unpaired) electrons. The number of amides is 1. The number of ketones is 1. The maximum Gasteiger partial charge on any atom is 0.509 e. The average Bonchev–Trinajstić information content (AvgIpc) is 1.35. The van der Waals surface area contributed by atoms with Gasteiger partial charge in [-0.15, -0.1) is 0 Å². The lowest BCUT2D eigenvalue weighted by Gasteiger charge is -2.67. The van der Waals surface area contributed by atoms with Gasteiger partial charge in [0.1, 0.15) is 36.1 Å². The Balaban J connectivity index is 0.933. The van der Waals surface area contributed by atoms with Gasteiger partial charge in [-0.1, -0.05) is 139 Å². The third-order valence-corrected chi connectivity index (χ3v) is 23.5. The van der Waals surface area contributed by atoms with Gasteiger partial charge in [0, 0.05) is 44.1 Å². The topological polar surface area (TPSA) is 237 Å². The van der Waals surface area contributed by atoms with Crippen LogP contribution in [0, 0.1) is 63.6 Å². The summed E-state index contributed by atoms with van der Waals surface area (Å²) in [5, 5.41) is 29.6. The van der Waals surface area contributed by atoms with Crippen molar-refractivity contribution in [3.8, 4) is 0 Å². The molecule has 3 aromatic carbocycles. The summed E-state index contributed by atoms with van der Waals surface area (Å²) in [5.74, 6) is -2.54. The van der Waals surface area contributed by atoms with E-state index < -0.39 is 125 Å². The molecule has 1 heterocycles. The molecule has 3 aromatic rings. The minimum Gasteiger partial charge on any atom is -0.455 e. The van der Waals surface area contributed by atoms with Crippen LogP contribution in [0.15, 0.2) is 114 Å². The number of Topliss-reactive ketones (excluding diaryl/α,β-unsaturated/α-hetero) is 1. The molecule has 91 heavy (non-hydrogen) atoms. The van der Waals surface area contributed by atoms with Gasteiger partial charge in [-0.3, -0.25) is 19.2 Å². The van der Waals surface area contributed by atoms with Gasteiger partial charge in [0.2, 0.25) is 6.10 Å². The van der Waals surface area contributed by atoms with E-state index in [0.717, 1.165) is 31.6 Å². The van der Waals surface area contributed by atoms with E-state index in [4.69, 9.17) is 33.2 Å². The molecule has 0 aromatic heterocycles. The third-order valence-electron chi connectivity index (χ3n) is 23.5. The van der Waals surface area contributed by atoms with Gasteiger partial charge in [0.25, 0.3) is 5.91 Å². The van der Waals surface area contributed by atoms with Gasteiger partial charge in [-0.2, -0.15) is 0 Å². The highest BCUT2D eigenvalue weighted by molar-refractivity contribution is 5.96. The van der Waals surface area contributed by atoms with Crippen LogP contribution in [0.3, 0.4) is 0 Å². The van der Waals surface area contributed by atoms with Crippen molar-refractivity contribution in [3.05, 3.63) is 130 Å². The zero-order valence-electron chi connectivity index (χ0n) is 54.5. The molecule has 7 aliphatic carbocycles. The van der Waals surface area contributed by atoms with E-state index in [9.17, 15) is 34.2 Å². The molecule has 19 atom stereocenters. The smallest absolute Gasteiger partial charge is 0.455 e. The Kier molecular flexibility index (Phi) is 18.6. The van der Waals surface area contributed by atoms with Gasteiger partial charge in [0.15, 0.2) is 17.5 Å². The van der Waals surface area contributed by atoms with Gasteiger partial charge in [-0.05, 0) is 147 Å². The standard InChI is InChI=1S/C74H93NO16/c1-41(2)21-20-22-42(3)54-33-34-55-53-31-29-49-37-50(30-32-51(49)52(53)35-36-71(54,55)9)87-69(83)89-62(60(46-23-14-11-15-24-46)75-66(80)47-25-16-12-17-26-47)68(82)88-56-39-74(84)65(90-67(81)48-27-18-13-19-28-48)63-72(10,57(78)38-58-73(63,40-85-58)91-45(6)77)64(79)61(86-44(5)76)59(43(56)4)70(74,7)8/h11-19,23-29,41-42,50-58,60-63,65,78,84H,20-22,30-40H2,1-10H3,(H,75,80). The number of hydrogen-bond donors (Lipinski definition) is 3. The Morgan fingerprint density at radius 3 is 2.08 bits per heavy atom. The van der Waals surface area contributed by atoms with Crippen LogP contribution < -0.4 is 5.32 Å². The van der Waals surface area contributed by atoms with Crippen molar-refractivity contribution in [1.29, 1.82) is 0 Å². The van der Waals surface area contributed by atoms with Gasteiger partial charge in [-0.25, -0.2) is 14.4 Å². The van der Waals surface area contributed by atoms with Crippen molar-refractivity contribution in [2.45, 2.75) is 213 Å². The molecule has 3 N–H and O–H groups in total. The van der Waals surface area contributed by atoms with E-state index >= 15 is 9.59 Å². The summed E-state index contributed by atoms with van der Waals surface area (Å²) < 4.78 is 44.0. The second-order valence-corrected chi connectivity index (χ2v) is 29.3. The number of nitrogens with one attached hydrogen (secondary N) is 1. The number of hydrogen-bond acceptors (Lipinski definition) is 16. The lowest BCUT2D eigenvalue weighted by Crippen LogP contribution is -2.82. The van der Waals surface area contributed by atoms with Crippen LogP contribution in [0.1, 0.15) is 185 Å². The molecule has 0 spiro atoms. The summed E-state index contributed by atoms with van der Waals surface area (Å²) in [6.45, 7) is 17.8. The van der Waals surface area contributed by atoms with Crippen molar-refractivity contribution in [3.63, 3.8) is 0 Å². The number of benzene rings is 3. The summed E-state index contributed by atoms with van der Waals surface area (Å²) >= 11 is 0. The maximum atomic E-state index is 16.0. The van der Waals surface area contributed by atoms with Crippen LogP contribution >= 0.6 is 0 Å². The number of allylic oxidation sites excluding steroid dienone is 1. The Labute approximate surface area is 535 Å². The third kappa shape index (κ3) is 11.9. The lowest BCUT2D eigenvalue weighted by molar-refractivity contribution is -0.346. The number of aliphatic hydroxyl groups is 2. The number of esters is 4. The monoisotopic (exact) mass is 1250 g/mol. The zero-order chi connectivity index (χ0) is 65.1. The van der Waals surface area contributed by atoms with Crippen LogP contribution in [0.25, 0.3) is 0 Å². The molecule has 5 saturated carbocycles. The fourth-order valence-electron chi connectivity index (χ4n) is 18.9. The molecule has 19 unspecified atom stereocenters. The predicted molar refractivity (Wildman–Crippen MR) is 335 cm³/mol. The Morgan fingerprint density at radius 2 is 1.44 bits per heavy atom. The first-order chi connectivity index (χ1) is 43.2. The minimum absolute atomic E-state index is 0.0231. The summed E-state index contributed by atoms with van der Waals surface area (Å²) in [4.78, 5) is 102. The van der Waals surface area contributed by atoms with Crippen LogP contribution in [0.4, 0.5) is 4.79 Å². The highest BCUT2D eigenvalue weighted by atomic mass is 16.7. The first-order valence-corrected chi connectivity index (χ1v) is 33.3. The molecular formula is C74H93NO16. The molecular weight excluding hydrogens is 1160 g/mol. The number of carbonyl (C=O) groups excluding carboxylic acids is 7. The van der Waals surface area contributed by atoms with Crippen LogP contribution in [-0.4, -0.2) is 112 Å². The number of rotatable bonds is 17. The van der Waals surface area contributed by atoms with Gasteiger partial charge in [0.05, 0.1) is 29.6 Å². The fraction of sp³-hybridized carbons (Fsp3) is 0.608. The van der Waals surface area contributed by atoms with E-state index in [1.165, 1.54) is 76.5 Å². The Morgan fingerprint density at radius 1 is 0.769 bits per heavy atom. The first kappa shape index (κ1) is 65.8. The van der Waals surface area contributed by atoms with Crippen molar-refractivity contribution < 1.29 is 76.9 Å². The quantitative estimate of drug-likeness (QED) is 0.0647. The normalized spacial score (nSPS) is 35.4. The summed E-state index contributed by atoms with van der Waals surface area (Å²) in [7, 11) is 0. The second-order valence-electron chi connectivity index (χ2n) is 29.3. The summed E-state index contributed by atoms with van der Waals surface area (Å²) in [5.41, 5.74) is -5.75. The van der Waals surface area contributed by atoms with Crippen molar-refractivity contribution in [2.75, 3.05) is 6.61 Å². The van der Waals surface area contributed by atoms with Crippen LogP contribution in [0.5, 0.6) is 0 Å². The molecule has 8 aliphatic rings. The van der Waals surface area contributed by atoms with E-state index in [2.05, 4.69) is 39.1 Å². The molecule has 11 rings (SSSR count). The highest BCUT2D eigenvalue weighted by Crippen LogP contribution is 2.67. The molecule has 1 saturated heterocycles. The predicted octanol–water partition coefficient (Wildman–Crippen LogP) is 11.9. The highest BCUT2D eigenvalue weighted by Gasteiger charge is 2.78. The van der Waals surface area contributed by atoms with Crippen molar-refractivity contribution >= 4 is 41.7 Å². The van der Waals surface area contributed by atoms with Gasteiger partial charge >= 0.3 is 30.0 Å². The van der Waals surface area contributed by atoms with E-state index in [1.54, 1.807) is 99.6 Å². The van der Waals surface area contributed by atoms with Crippen molar-refractivity contribution in [2.24, 2.45) is 63.6 Å².